The Morgan fingerprint density at radius 1 is 0.380 bits per heavy atom. The van der Waals surface area contributed by atoms with Gasteiger partial charge in [0.2, 0.25) is 0 Å². The van der Waals surface area contributed by atoms with Gasteiger partial charge in [-0.3, -0.25) is 18.6 Å². The predicted octanol–water partition coefficient (Wildman–Crippen LogP) is 22.1. The predicted molar refractivity (Wildman–Crippen MR) is 340 cm³/mol. The van der Waals surface area contributed by atoms with E-state index in [1.807, 2.05) is 0 Å². The largest absolute Gasteiger partial charge is 0.472 e. The maximum Gasteiger partial charge on any atom is 0.472 e. The first-order valence-corrected chi connectivity index (χ1v) is 35.6. The molecule has 0 saturated carbocycles. The second kappa shape index (κ2) is 65.1. The molecular formula is C69H130NO8P. The van der Waals surface area contributed by atoms with Crippen LogP contribution in [-0.4, -0.2) is 49.3 Å². The minimum Gasteiger partial charge on any atom is -0.462 e. The molecule has 3 N–H and O–H groups in total. The number of phosphoric acid groups is 1. The molecule has 0 aromatic heterocycles. The van der Waals surface area contributed by atoms with Crippen LogP contribution in [0.3, 0.4) is 0 Å². The highest BCUT2D eigenvalue weighted by Crippen LogP contribution is 2.43. The van der Waals surface area contributed by atoms with E-state index in [1.54, 1.807) is 0 Å². The summed E-state index contributed by atoms with van der Waals surface area (Å²) in [5.74, 6) is -0.816. The van der Waals surface area contributed by atoms with Gasteiger partial charge in [-0.15, -0.1) is 0 Å². The van der Waals surface area contributed by atoms with Crippen molar-refractivity contribution >= 4 is 19.8 Å². The highest BCUT2D eigenvalue weighted by molar-refractivity contribution is 7.47. The number of unbranched alkanes of at least 4 members (excludes halogenated alkanes) is 44. The molecule has 464 valence electrons. The molecule has 2 atom stereocenters. The summed E-state index contributed by atoms with van der Waals surface area (Å²) in [5, 5.41) is 0. The van der Waals surface area contributed by atoms with Gasteiger partial charge in [0.1, 0.15) is 6.61 Å². The highest BCUT2D eigenvalue weighted by Gasteiger charge is 2.26. The molecule has 0 bridgehead atoms. The smallest absolute Gasteiger partial charge is 0.462 e. The summed E-state index contributed by atoms with van der Waals surface area (Å²) >= 11 is 0. The average molecular weight is 1130 g/mol. The molecule has 79 heavy (non-hydrogen) atoms. The molecule has 0 fully saturated rings. The zero-order valence-corrected chi connectivity index (χ0v) is 53.0. The SMILES string of the molecule is CCCCC/C=C\C/C=C\CCCCCCCCCCCC(=O)OCC(COP(=O)(O)OCCN)OC(=O)CCCCCCCCCCCCCCCCCCCCCCCCCCCCC/C=C\C/C=C\CCCCCCC. The Labute approximate surface area is 489 Å². The van der Waals surface area contributed by atoms with E-state index in [-0.39, 0.29) is 38.6 Å². The van der Waals surface area contributed by atoms with Crippen LogP contribution in [0.1, 0.15) is 348 Å². The van der Waals surface area contributed by atoms with Crippen molar-refractivity contribution in [2.75, 3.05) is 26.4 Å². The molecule has 0 aromatic carbocycles. The maximum absolute atomic E-state index is 12.7. The number of esters is 2. The molecule has 0 saturated heterocycles. The van der Waals surface area contributed by atoms with Crippen molar-refractivity contribution in [3.63, 3.8) is 0 Å². The second-order valence-corrected chi connectivity index (χ2v) is 24.5. The van der Waals surface area contributed by atoms with Gasteiger partial charge >= 0.3 is 19.8 Å². The summed E-state index contributed by atoms with van der Waals surface area (Å²) in [4.78, 5) is 35.3. The molecule has 0 aromatic rings. The van der Waals surface area contributed by atoms with E-state index in [2.05, 4.69) is 62.5 Å². The summed E-state index contributed by atoms with van der Waals surface area (Å²) in [6.45, 7) is 3.75. The first-order chi connectivity index (χ1) is 38.8. The highest BCUT2D eigenvalue weighted by atomic mass is 31.2. The quantitative estimate of drug-likeness (QED) is 0.0264. The number of carbonyl (C=O) groups is 2. The van der Waals surface area contributed by atoms with E-state index in [1.165, 1.54) is 270 Å². The zero-order chi connectivity index (χ0) is 57.3. The number of nitrogens with two attached hydrogens (primary N) is 1. The Morgan fingerprint density at radius 2 is 0.658 bits per heavy atom. The van der Waals surface area contributed by atoms with Gasteiger partial charge in [-0.1, -0.05) is 306 Å². The fraction of sp³-hybridized carbons (Fsp3) is 0.855. The van der Waals surface area contributed by atoms with Crippen LogP contribution in [0.4, 0.5) is 0 Å². The summed E-state index contributed by atoms with van der Waals surface area (Å²) in [7, 11) is -4.39. The Morgan fingerprint density at radius 3 is 0.987 bits per heavy atom. The van der Waals surface area contributed by atoms with Crippen molar-refractivity contribution in [2.45, 2.75) is 354 Å². The maximum atomic E-state index is 12.7. The van der Waals surface area contributed by atoms with E-state index >= 15 is 0 Å². The van der Waals surface area contributed by atoms with E-state index in [9.17, 15) is 19.0 Å². The molecule has 0 radical (unpaired) electrons. The van der Waals surface area contributed by atoms with Gasteiger partial charge in [-0.05, 0) is 77.0 Å². The number of rotatable bonds is 65. The Hall–Kier alpha value is -2.03. The standard InChI is InChI=1S/C69H130NO8P/c1-3-5-7-9-11-13-15-17-19-21-23-24-25-26-27-28-29-30-31-32-33-34-35-36-37-38-39-40-41-42-44-46-48-50-52-54-56-58-60-62-69(72)78-67(66-77-79(73,74)76-64-63-70)65-75-68(71)61-59-57-55-53-51-49-47-45-43-22-20-18-16-14-12-10-8-6-4-2/h12,14-15,17-18,20-21,23,67H,3-11,13,16,19,22,24-66,70H2,1-2H3,(H,73,74)/b14-12-,17-15-,20-18-,23-21-. The third-order valence-electron chi connectivity index (χ3n) is 15.2. The summed E-state index contributed by atoms with van der Waals surface area (Å²) < 4.78 is 33.1. The first kappa shape index (κ1) is 77.0. The number of allylic oxidation sites excluding steroid dienone is 8. The molecule has 10 heteroatoms. The molecule has 0 aliphatic carbocycles. The molecule has 0 aliphatic heterocycles. The Kier molecular flexibility index (Phi) is 63.5. The molecule has 0 heterocycles. The number of ether oxygens (including phenoxy) is 2. The van der Waals surface area contributed by atoms with Gasteiger partial charge in [-0.2, -0.15) is 0 Å². The van der Waals surface area contributed by atoms with E-state index < -0.39 is 26.5 Å². The Bertz CT molecular complexity index is 1430. The fourth-order valence-electron chi connectivity index (χ4n) is 10.1. The molecule has 0 spiro atoms. The minimum absolute atomic E-state index is 0.0540. The van der Waals surface area contributed by atoms with Crippen LogP contribution < -0.4 is 5.73 Å². The van der Waals surface area contributed by atoms with Gasteiger partial charge in [0.25, 0.3) is 0 Å². The van der Waals surface area contributed by atoms with E-state index in [4.69, 9.17) is 24.3 Å². The third kappa shape index (κ3) is 65.0. The van der Waals surface area contributed by atoms with Crippen LogP contribution in [0.5, 0.6) is 0 Å². The lowest BCUT2D eigenvalue weighted by atomic mass is 10.0. The molecule has 0 amide bonds. The lowest BCUT2D eigenvalue weighted by molar-refractivity contribution is -0.161. The summed E-state index contributed by atoms with van der Waals surface area (Å²) in [6.07, 6.45) is 82.2. The van der Waals surface area contributed by atoms with Crippen LogP contribution >= 0.6 is 7.82 Å². The van der Waals surface area contributed by atoms with E-state index in [0.717, 1.165) is 44.9 Å². The molecule has 0 rings (SSSR count). The van der Waals surface area contributed by atoms with Crippen molar-refractivity contribution in [1.82, 2.24) is 0 Å². The van der Waals surface area contributed by atoms with Crippen LogP contribution in [0, 0.1) is 0 Å². The van der Waals surface area contributed by atoms with Crippen molar-refractivity contribution in [1.29, 1.82) is 0 Å². The lowest BCUT2D eigenvalue weighted by Crippen LogP contribution is -2.29. The van der Waals surface area contributed by atoms with Crippen molar-refractivity contribution < 1.29 is 37.6 Å². The fourth-order valence-corrected chi connectivity index (χ4v) is 10.9. The van der Waals surface area contributed by atoms with Gasteiger partial charge in [0.15, 0.2) is 6.10 Å². The average Bonchev–Trinajstić information content (AvgIpc) is 3.44. The van der Waals surface area contributed by atoms with Crippen LogP contribution in [0.25, 0.3) is 0 Å². The molecule has 2 unspecified atom stereocenters. The van der Waals surface area contributed by atoms with Crippen LogP contribution in [-0.2, 0) is 32.7 Å². The summed E-state index contributed by atoms with van der Waals surface area (Å²) in [6, 6.07) is 0. The minimum atomic E-state index is -4.39. The number of carbonyl (C=O) groups excluding carboxylic acids is 2. The van der Waals surface area contributed by atoms with Gasteiger partial charge in [0, 0.05) is 19.4 Å². The van der Waals surface area contributed by atoms with Gasteiger partial charge in [-0.25, -0.2) is 4.57 Å². The van der Waals surface area contributed by atoms with Crippen molar-refractivity contribution in [3.8, 4) is 0 Å². The Balaban J connectivity index is 3.77. The van der Waals surface area contributed by atoms with Crippen LogP contribution in [0.2, 0.25) is 0 Å². The molecule has 0 aliphatic rings. The zero-order valence-electron chi connectivity index (χ0n) is 52.1. The normalized spacial score (nSPS) is 13.2. The monoisotopic (exact) mass is 1130 g/mol. The summed E-state index contributed by atoms with van der Waals surface area (Å²) in [5.41, 5.74) is 5.39. The number of hydrogen-bond donors (Lipinski definition) is 2. The number of hydrogen-bond acceptors (Lipinski definition) is 8. The molecule has 9 nitrogen and oxygen atoms in total. The van der Waals surface area contributed by atoms with Gasteiger partial charge in [0.05, 0.1) is 13.2 Å². The van der Waals surface area contributed by atoms with Crippen LogP contribution in [0.15, 0.2) is 48.6 Å². The second-order valence-electron chi connectivity index (χ2n) is 23.0. The van der Waals surface area contributed by atoms with E-state index in [0.29, 0.717) is 6.42 Å². The van der Waals surface area contributed by atoms with Gasteiger partial charge < -0.3 is 20.1 Å². The number of phosphoric ester groups is 1. The third-order valence-corrected chi connectivity index (χ3v) is 16.2. The molecular weight excluding hydrogens is 1000 g/mol. The van der Waals surface area contributed by atoms with Crippen molar-refractivity contribution in [3.05, 3.63) is 48.6 Å². The van der Waals surface area contributed by atoms with Crippen molar-refractivity contribution in [2.24, 2.45) is 5.73 Å². The first-order valence-electron chi connectivity index (χ1n) is 34.1. The topological polar surface area (TPSA) is 134 Å². The lowest BCUT2D eigenvalue weighted by Gasteiger charge is -2.19.